The van der Waals surface area contributed by atoms with Crippen LogP contribution in [0.4, 0.5) is 0 Å². The van der Waals surface area contributed by atoms with Gasteiger partial charge in [0.2, 0.25) is 5.79 Å². The summed E-state index contributed by atoms with van der Waals surface area (Å²) in [6, 6.07) is -1.18. The number of amides is 1. The number of Topliss-reactive ketones (excluding diaryl/α,β-unsaturated/α-hetero) is 3. The first-order valence-electron chi connectivity index (χ1n) is 29.3. The van der Waals surface area contributed by atoms with Crippen molar-refractivity contribution in [3.8, 4) is 0 Å². The fraction of sp³-hybridized carbons (Fsp3) is 0.790. The summed E-state index contributed by atoms with van der Waals surface area (Å²) < 4.78 is 43.1. The molecule has 0 aromatic heterocycles. The van der Waals surface area contributed by atoms with Gasteiger partial charge in [-0.3, -0.25) is 19.2 Å². The van der Waals surface area contributed by atoms with Gasteiger partial charge in [-0.15, -0.1) is 0 Å². The van der Waals surface area contributed by atoms with E-state index >= 15 is 0 Å². The van der Waals surface area contributed by atoms with E-state index in [1.165, 1.54) is 12.0 Å². The number of aliphatic hydroxyl groups is 4. The lowest BCUT2D eigenvalue weighted by Crippen LogP contribution is -2.61. The molecule has 17 nitrogen and oxygen atoms in total. The molecule has 15 atom stereocenters. The number of carbonyl (C=O) groups excluding carboxylic acids is 5. The van der Waals surface area contributed by atoms with Gasteiger partial charge in [-0.05, 0) is 147 Å². The third-order valence-electron chi connectivity index (χ3n) is 17.0. The molecule has 4 rings (SSSR count). The van der Waals surface area contributed by atoms with Crippen LogP contribution in [0.2, 0.25) is 0 Å². The molecule has 0 spiro atoms. The van der Waals surface area contributed by atoms with E-state index in [0.717, 1.165) is 12.0 Å². The van der Waals surface area contributed by atoms with E-state index in [4.69, 9.17) is 33.2 Å². The Kier molecular flexibility index (Phi) is 27.4. The molecule has 0 unspecified atom stereocenters. The van der Waals surface area contributed by atoms with Gasteiger partial charge in [-0.1, -0.05) is 71.1 Å². The summed E-state index contributed by atoms with van der Waals surface area (Å²) in [5.74, 6) is -8.32. The number of hydrogen-bond acceptors (Lipinski definition) is 16. The molecule has 1 amide bonds. The van der Waals surface area contributed by atoms with Gasteiger partial charge in [0.1, 0.15) is 30.1 Å². The number of piperidine rings is 1. The first-order valence-corrected chi connectivity index (χ1v) is 29.3. The highest BCUT2D eigenvalue weighted by molar-refractivity contribution is 6.39. The van der Waals surface area contributed by atoms with Crippen LogP contribution in [0.1, 0.15) is 166 Å². The summed E-state index contributed by atoms with van der Waals surface area (Å²) in [5, 5.41) is 42.9. The van der Waals surface area contributed by atoms with Crippen LogP contribution in [-0.4, -0.2) is 168 Å². The summed E-state index contributed by atoms with van der Waals surface area (Å²) in [4.78, 5) is 73.3. The molecule has 2 saturated heterocycles. The lowest BCUT2D eigenvalue weighted by Gasteiger charge is -2.43. The van der Waals surface area contributed by atoms with Crippen LogP contribution in [0.25, 0.3) is 0 Å². The van der Waals surface area contributed by atoms with Gasteiger partial charge < -0.3 is 58.5 Å². The number of cyclic esters (lactones) is 1. The topological polar surface area (TPSA) is 234 Å². The maximum absolute atomic E-state index is 14.7. The zero-order valence-corrected chi connectivity index (χ0v) is 50.1. The summed E-state index contributed by atoms with van der Waals surface area (Å²) in [6.07, 6.45) is 12.3. The Morgan fingerprint density at radius 1 is 0.810 bits per heavy atom. The maximum atomic E-state index is 14.7. The second-order valence-electron chi connectivity index (χ2n) is 24.6. The first kappa shape index (κ1) is 68.0. The van der Waals surface area contributed by atoms with Crippen molar-refractivity contribution in [2.24, 2.45) is 35.5 Å². The molecular weight excluding hydrogens is 1010 g/mol. The maximum Gasteiger partial charge on any atom is 0.329 e. The number of ketones is 3. The Morgan fingerprint density at radius 2 is 1.53 bits per heavy atom. The molecule has 79 heavy (non-hydrogen) atoms. The van der Waals surface area contributed by atoms with Crippen LogP contribution in [0.3, 0.4) is 0 Å². The Morgan fingerprint density at radius 3 is 2.20 bits per heavy atom. The van der Waals surface area contributed by atoms with Gasteiger partial charge >= 0.3 is 5.97 Å². The number of esters is 1. The smallest absolute Gasteiger partial charge is 0.329 e. The minimum atomic E-state index is -2.51. The first-order chi connectivity index (χ1) is 37.2. The van der Waals surface area contributed by atoms with Gasteiger partial charge in [0.25, 0.3) is 11.7 Å². The standard InChI is InChI=1S/C62H101NO16/c1-39-19-15-14-16-20-40(2)52(79-61(10,11)27-31-76-60(8,9)26-29-64)37-47-24-22-45(7)62(72,78-47)57(69)58(70)63-28-18-17-21-48(63)59(71)77-51(42(4)35-46-23-25-50(75-32-30-65)53(36-46)73-12)38-49(66)41(3)34-44(6)55(68)56(74-13)54(67)43(5)33-39/h14-16,19-20,34,39,41-43,45-48,50-53,55-56,64-65,68,72H,17-18,21-33,35-38H2,1-13H3/b16-14+,19-15+,40-20+,44-34+/t39-,41-,42-,43-,45-,46+,47+,48+,50-,51+,52+,53-,55-,56+,62-/m1/s1. The van der Waals surface area contributed by atoms with E-state index in [1.54, 1.807) is 34.0 Å². The number of hydrogen-bond donors (Lipinski definition) is 4. The van der Waals surface area contributed by atoms with Crippen LogP contribution in [0, 0.1) is 35.5 Å². The number of carbonyl (C=O) groups is 5. The van der Waals surface area contributed by atoms with Crippen LogP contribution in [0.5, 0.6) is 0 Å². The normalized spacial score (nSPS) is 35.8. The predicted octanol–water partition coefficient (Wildman–Crippen LogP) is 7.91. The van der Waals surface area contributed by atoms with Crippen LogP contribution < -0.4 is 0 Å². The van der Waals surface area contributed by atoms with Crippen molar-refractivity contribution in [1.82, 2.24) is 4.90 Å². The number of fused-ring (bicyclic) bond motifs is 3. The molecule has 3 aliphatic heterocycles. The van der Waals surface area contributed by atoms with Crippen LogP contribution in [-0.2, 0) is 57.1 Å². The second kappa shape index (κ2) is 31.8. The Balaban J connectivity index is 1.74. The van der Waals surface area contributed by atoms with Gasteiger partial charge in [0, 0.05) is 58.0 Å². The fourth-order valence-electron chi connectivity index (χ4n) is 11.7. The molecule has 17 heteroatoms. The van der Waals surface area contributed by atoms with E-state index in [1.807, 2.05) is 85.8 Å². The number of allylic oxidation sites excluding steroid dienone is 6. The van der Waals surface area contributed by atoms with E-state index < -0.39 is 89.0 Å². The molecule has 1 aliphatic carbocycles. The molecule has 4 N–H and O–H groups in total. The molecule has 3 heterocycles. The lowest BCUT2D eigenvalue weighted by atomic mass is 9.78. The van der Waals surface area contributed by atoms with Crippen molar-refractivity contribution in [2.75, 3.05) is 47.2 Å². The molecule has 1 saturated carbocycles. The third-order valence-corrected chi connectivity index (χ3v) is 17.0. The van der Waals surface area contributed by atoms with Crippen molar-refractivity contribution >= 4 is 29.2 Å². The number of nitrogens with zero attached hydrogens (tertiary/aromatic N) is 1. The lowest BCUT2D eigenvalue weighted by molar-refractivity contribution is -0.267. The summed E-state index contributed by atoms with van der Waals surface area (Å²) in [6.45, 7) is 21.0. The zero-order valence-electron chi connectivity index (χ0n) is 50.1. The van der Waals surface area contributed by atoms with Crippen molar-refractivity contribution in [3.63, 3.8) is 0 Å². The van der Waals surface area contributed by atoms with Crippen molar-refractivity contribution in [1.29, 1.82) is 0 Å². The van der Waals surface area contributed by atoms with Gasteiger partial charge in [0.15, 0.2) is 5.78 Å². The summed E-state index contributed by atoms with van der Waals surface area (Å²) in [7, 11) is 3.00. The van der Waals surface area contributed by atoms with Crippen LogP contribution in [0.15, 0.2) is 47.6 Å². The van der Waals surface area contributed by atoms with Crippen molar-refractivity contribution in [3.05, 3.63) is 47.6 Å². The van der Waals surface area contributed by atoms with Gasteiger partial charge in [-0.2, -0.15) is 0 Å². The molecule has 2 bridgehead atoms. The third kappa shape index (κ3) is 20.1. The quantitative estimate of drug-likeness (QED) is 0.0653. The Hall–Kier alpha value is -3.49. The highest BCUT2D eigenvalue weighted by Crippen LogP contribution is 2.39. The summed E-state index contributed by atoms with van der Waals surface area (Å²) >= 11 is 0. The largest absolute Gasteiger partial charge is 0.460 e. The average Bonchev–Trinajstić information content (AvgIpc) is 3.45. The number of ether oxygens (including phenoxy) is 7. The van der Waals surface area contributed by atoms with Gasteiger partial charge in [-0.25, -0.2) is 4.79 Å². The molecule has 3 fully saturated rings. The minimum absolute atomic E-state index is 0.00568. The van der Waals surface area contributed by atoms with E-state index in [2.05, 4.69) is 0 Å². The monoisotopic (exact) mass is 1120 g/mol. The summed E-state index contributed by atoms with van der Waals surface area (Å²) in [5.41, 5.74) is -0.0459. The number of methoxy groups -OCH3 is 2. The van der Waals surface area contributed by atoms with Crippen molar-refractivity contribution < 1.29 is 77.6 Å². The van der Waals surface area contributed by atoms with E-state index in [9.17, 15) is 44.4 Å². The van der Waals surface area contributed by atoms with Crippen LogP contribution >= 0.6 is 0 Å². The van der Waals surface area contributed by atoms with Gasteiger partial charge in [0.05, 0.1) is 55.4 Å². The van der Waals surface area contributed by atoms with E-state index in [0.29, 0.717) is 76.4 Å². The molecule has 450 valence electrons. The minimum Gasteiger partial charge on any atom is -0.460 e. The zero-order chi connectivity index (χ0) is 58.8. The highest BCUT2D eigenvalue weighted by atomic mass is 16.6. The Labute approximate surface area is 472 Å². The fourth-order valence-corrected chi connectivity index (χ4v) is 11.7. The SMILES string of the molecule is CO[C@@H]1C[C@H](C[C@@H](C)[C@@H]2CC(=O)[C@H](C)/C=C(\C)[C@@H](O)[C@@H](OC)C(=O)[C@H](C)C[C@H](C)/C=C/C=C/C=C(\C)[C@@H](OC(C)(C)CCOC(C)(C)CCO)C[C@@H]3CC[C@@H](C)[C@@](O)(O3)C(=O)C(=O)N3CCCC[C@H]3C(=O)O2)CC[C@H]1OCCO. The molecule has 4 aliphatic rings. The molecular formula is C62H101NO16. The number of rotatable bonds is 16. The van der Waals surface area contributed by atoms with E-state index in [-0.39, 0.29) is 87.2 Å². The van der Waals surface area contributed by atoms with Crippen molar-refractivity contribution in [2.45, 2.75) is 232 Å². The molecule has 0 aromatic carbocycles. The molecule has 0 aromatic rings. The predicted molar refractivity (Wildman–Crippen MR) is 300 cm³/mol. The second-order valence-corrected chi connectivity index (χ2v) is 24.6. The Bertz CT molecular complexity index is 2100. The molecule has 0 radical (unpaired) electrons. The highest BCUT2D eigenvalue weighted by Gasteiger charge is 2.53. The number of aliphatic hydroxyl groups excluding tert-OH is 3. The average molecular weight is 1120 g/mol.